The highest BCUT2D eigenvalue weighted by Gasteiger charge is 2.16. The molecule has 0 amide bonds. The van der Waals surface area contributed by atoms with Crippen LogP contribution in [-0.2, 0) is 0 Å². The van der Waals surface area contributed by atoms with Gasteiger partial charge in [-0.25, -0.2) is 0 Å². The summed E-state index contributed by atoms with van der Waals surface area (Å²) < 4.78 is 0.279. The Bertz CT molecular complexity index is 343. The van der Waals surface area contributed by atoms with Gasteiger partial charge >= 0.3 is 5.69 Å². The van der Waals surface area contributed by atoms with E-state index in [1.54, 1.807) is 6.92 Å². The average molecular weight is 251 g/mol. The van der Waals surface area contributed by atoms with Crippen LogP contribution in [0.1, 0.15) is 5.69 Å². The molecule has 12 heavy (non-hydrogen) atoms. The fourth-order valence-corrected chi connectivity index (χ4v) is 1.35. The van der Waals surface area contributed by atoms with Gasteiger partial charge in [0.15, 0.2) is 0 Å². The van der Waals surface area contributed by atoms with Crippen LogP contribution in [0.2, 0.25) is 5.02 Å². The van der Waals surface area contributed by atoms with Crippen LogP contribution in [0.25, 0.3) is 0 Å². The van der Waals surface area contributed by atoms with Crippen molar-refractivity contribution in [3.63, 3.8) is 0 Å². The SMILES string of the molecule is Cc1ncc([N+](=O)[O-])c(Br)c1Cl. The van der Waals surface area contributed by atoms with E-state index in [-0.39, 0.29) is 15.2 Å². The van der Waals surface area contributed by atoms with Gasteiger partial charge in [-0.15, -0.1) is 0 Å². The molecule has 0 fully saturated rings. The standard InChI is InChI=1S/C6H4BrClN2O2/c1-3-6(8)5(7)4(2-9-3)10(11)12/h2H,1H3. The zero-order chi connectivity index (χ0) is 9.30. The number of aryl methyl sites for hydroxylation is 1. The Morgan fingerprint density at radius 2 is 2.33 bits per heavy atom. The molecule has 64 valence electrons. The summed E-state index contributed by atoms with van der Waals surface area (Å²) in [6.45, 7) is 1.68. The number of halogens is 2. The van der Waals surface area contributed by atoms with Crippen molar-refractivity contribution in [1.82, 2.24) is 4.98 Å². The van der Waals surface area contributed by atoms with Crippen LogP contribution in [0, 0.1) is 17.0 Å². The zero-order valence-electron chi connectivity index (χ0n) is 6.04. The van der Waals surface area contributed by atoms with E-state index < -0.39 is 4.92 Å². The summed E-state index contributed by atoms with van der Waals surface area (Å²) in [6, 6.07) is 0. The topological polar surface area (TPSA) is 56.0 Å². The smallest absolute Gasteiger partial charge is 0.258 e. The van der Waals surface area contributed by atoms with E-state index in [9.17, 15) is 10.1 Å². The average Bonchev–Trinajstić information content (AvgIpc) is 2.00. The van der Waals surface area contributed by atoms with Gasteiger partial charge in [-0.2, -0.15) is 0 Å². The molecule has 1 aromatic rings. The van der Waals surface area contributed by atoms with Gasteiger partial charge in [-0.1, -0.05) is 11.6 Å². The maximum Gasteiger partial charge on any atom is 0.303 e. The summed E-state index contributed by atoms with van der Waals surface area (Å²) in [5.74, 6) is 0. The van der Waals surface area contributed by atoms with Gasteiger partial charge in [-0.05, 0) is 22.9 Å². The number of hydrogen-bond acceptors (Lipinski definition) is 3. The van der Waals surface area contributed by atoms with Crippen LogP contribution in [-0.4, -0.2) is 9.91 Å². The predicted octanol–water partition coefficient (Wildman–Crippen LogP) is 2.71. The van der Waals surface area contributed by atoms with E-state index in [4.69, 9.17) is 11.6 Å². The van der Waals surface area contributed by atoms with Crippen molar-refractivity contribution in [1.29, 1.82) is 0 Å². The summed E-state index contributed by atoms with van der Waals surface area (Å²) in [4.78, 5) is 13.6. The maximum atomic E-state index is 10.4. The minimum atomic E-state index is -0.539. The van der Waals surface area contributed by atoms with Crippen molar-refractivity contribution in [2.75, 3.05) is 0 Å². The number of nitro groups is 1. The molecule has 4 nitrogen and oxygen atoms in total. The molecule has 0 N–H and O–H groups in total. The van der Waals surface area contributed by atoms with Crippen molar-refractivity contribution >= 4 is 33.2 Å². The van der Waals surface area contributed by atoms with Crippen LogP contribution in [0.4, 0.5) is 5.69 Å². The fourth-order valence-electron chi connectivity index (χ4n) is 0.670. The Kier molecular flexibility index (Phi) is 2.64. The van der Waals surface area contributed by atoms with E-state index in [2.05, 4.69) is 20.9 Å². The van der Waals surface area contributed by atoms with Crippen LogP contribution in [0.15, 0.2) is 10.7 Å². The monoisotopic (exact) mass is 250 g/mol. The van der Waals surface area contributed by atoms with E-state index >= 15 is 0 Å². The molecular weight excluding hydrogens is 247 g/mol. The molecule has 0 saturated heterocycles. The van der Waals surface area contributed by atoms with Crippen molar-refractivity contribution in [3.05, 3.63) is 31.5 Å². The highest BCUT2D eigenvalue weighted by molar-refractivity contribution is 9.10. The third-order valence-electron chi connectivity index (χ3n) is 1.31. The van der Waals surface area contributed by atoms with Gasteiger partial charge in [-0.3, -0.25) is 15.1 Å². The van der Waals surface area contributed by atoms with E-state index in [1.165, 1.54) is 6.20 Å². The Labute approximate surface area is 81.8 Å². The van der Waals surface area contributed by atoms with Crippen molar-refractivity contribution in [2.24, 2.45) is 0 Å². The largest absolute Gasteiger partial charge is 0.303 e. The number of aromatic nitrogens is 1. The molecule has 0 unspecified atom stereocenters. The molecule has 0 aliphatic rings. The maximum absolute atomic E-state index is 10.4. The number of rotatable bonds is 1. The first kappa shape index (κ1) is 9.41. The number of hydrogen-bond donors (Lipinski definition) is 0. The van der Waals surface area contributed by atoms with E-state index in [0.29, 0.717) is 5.69 Å². The van der Waals surface area contributed by atoms with Gasteiger partial charge in [0.2, 0.25) is 0 Å². The Balaban J connectivity index is 3.36. The predicted molar refractivity (Wildman–Crippen MR) is 48.3 cm³/mol. The lowest BCUT2D eigenvalue weighted by Gasteiger charge is -1.99. The molecule has 0 radical (unpaired) electrons. The van der Waals surface area contributed by atoms with Crippen LogP contribution in [0.3, 0.4) is 0 Å². The first-order valence-corrected chi connectivity index (χ1v) is 4.16. The quantitative estimate of drug-likeness (QED) is 0.569. The molecule has 0 bridgehead atoms. The van der Waals surface area contributed by atoms with Gasteiger partial charge in [0.25, 0.3) is 0 Å². The minimum absolute atomic E-state index is 0.120. The molecule has 1 rings (SSSR count). The van der Waals surface area contributed by atoms with Crippen LogP contribution in [0.5, 0.6) is 0 Å². The van der Waals surface area contributed by atoms with Gasteiger partial charge in [0.1, 0.15) is 10.7 Å². The molecular formula is C6H4BrClN2O2. The second-order valence-corrected chi connectivity index (χ2v) is 3.28. The molecule has 0 aliphatic heterocycles. The summed E-state index contributed by atoms with van der Waals surface area (Å²) in [5.41, 5.74) is 0.444. The zero-order valence-corrected chi connectivity index (χ0v) is 8.39. The Morgan fingerprint density at radius 3 is 2.83 bits per heavy atom. The van der Waals surface area contributed by atoms with E-state index in [1.807, 2.05) is 0 Å². The van der Waals surface area contributed by atoms with Crippen molar-refractivity contribution in [2.45, 2.75) is 6.92 Å². The summed E-state index contributed by atoms with van der Waals surface area (Å²) in [6.07, 6.45) is 1.17. The van der Waals surface area contributed by atoms with Crippen LogP contribution < -0.4 is 0 Å². The van der Waals surface area contributed by atoms with Gasteiger partial charge in [0.05, 0.1) is 15.6 Å². The lowest BCUT2D eigenvalue weighted by Crippen LogP contribution is -1.93. The highest BCUT2D eigenvalue weighted by Crippen LogP contribution is 2.32. The first-order valence-electron chi connectivity index (χ1n) is 2.99. The second kappa shape index (κ2) is 3.37. The summed E-state index contributed by atoms with van der Waals surface area (Å²) in [5, 5.41) is 10.6. The second-order valence-electron chi connectivity index (χ2n) is 2.11. The van der Waals surface area contributed by atoms with Gasteiger partial charge in [0, 0.05) is 0 Å². The summed E-state index contributed by atoms with van der Waals surface area (Å²) in [7, 11) is 0. The molecule has 1 aromatic heterocycles. The number of nitrogens with zero attached hydrogens (tertiary/aromatic N) is 2. The minimum Gasteiger partial charge on any atom is -0.258 e. The Morgan fingerprint density at radius 1 is 1.75 bits per heavy atom. The third kappa shape index (κ3) is 1.56. The van der Waals surface area contributed by atoms with Crippen molar-refractivity contribution < 1.29 is 4.92 Å². The number of pyridine rings is 1. The van der Waals surface area contributed by atoms with E-state index in [0.717, 1.165) is 0 Å². The highest BCUT2D eigenvalue weighted by atomic mass is 79.9. The molecule has 0 saturated carbocycles. The molecule has 0 spiro atoms. The lowest BCUT2D eigenvalue weighted by molar-refractivity contribution is -0.386. The first-order chi connectivity index (χ1) is 5.54. The van der Waals surface area contributed by atoms with Crippen LogP contribution >= 0.6 is 27.5 Å². The molecule has 0 aliphatic carbocycles. The normalized spacial score (nSPS) is 9.92. The fraction of sp³-hybridized carbons (Fsp3) is 0.167. The molecule has 0 aromatic carbocycles. The lowest BCUT2D eigenvalue weighted by atomic mass is 10.3. The third-order valence-corrected chi connectivity index (χ3v) is 2.81. The van der Waals surface area contributed by atoms with Gasteiger partial charge < -0.3 is 0 Å². The molecule has 0 atom stereocenters. The Hall–Kier alpha value is -0.680. The summed E-state index contributed by atoms with van der Waals surface area (Å²) >= 11 is 8.73. The van der Waals surface area contributed by atoms with Crippen molar-refractivity contribution in [3.8, 4) is 0 Å². The molecule has 1 heterocycles. The molecule has 6 heteroatoms.